The number of nitrogens with zero attached hydrogens (tertiary/aromatic N) is 1. The van der Waals surface area contributed by atoms with Crippen LogP contribution in [0.3, 0.4) is 0 Å². The third-order valence-electron chi connectivity index (χ3n) is 6.11. The fourth-order valence-corrected chi connectivity index (χ4v) is 5.38. The minimum atomic E-state index is -4.00. The zero-order valence-electron chi connectivity index (χ0n) is 21.6. The summed E-state index contributed by atoms with van der Waals surface area (Å²) < 4.78 is 33.9. The molecule has 0 heterocycles. The van der Waals surface area contributed by atoms with Gasteiger partial charge in [0, 0.05) is 15.6 Å². The maximum absolute atomic E-state index is 13.1. The molecule has 2 N–H and O–H groups in total. The molecule has 0 aromatic heterocycles. The summed E-state index contributed by atoms with van der Waals surface area (Å²) in [6.45, 7) is 0. The molecule has 0 fully saturated rings. The Balaban J connectivity index is 1.39. The van der Waals surface area contributed by atoms with E-state index in [9.17, 15) is 18.0 Å². The lowest BCUT2D eigenvalue weighted by molar-refractivity contribution is 0.0734. The first-order valence-electron chi connectivity index (χ1n) is 12.4. The molecular weight excluding hydrogens is 597 g/mol. The Morgan fingerprint density at radius 3 is 2.14 bits per heavy atom. The van der Waals surface area contributed by atoms with Crippen LogP contribution in [0.4, 0.5) is 5.69 Å². The van der Waals surface area contributed by atoms with Crippen LogP contribution < -0.4 is 14.9 Å². The summed E-state index contributed by atoms with van der Waals surface area (Å²) in [4.78, 5) is 25.9. The number of benzene rings is 5. The van der Waals surface area contributed by atoms with Crippen LogP contribution in [0.25, 0.3) is 10.8 Å². The number of hydrogen-bond donors (Lipinski definition) is 2. The van der Waals surface area contributed by atoms with Crippen molar-refractivity contribution in [3.8, 4) is 5.75 Å². The van der Waals surface area contributed by atoms with Gasteiger partial charge in [0.1, 0.15) is 5.75 Å². The van der Waals surface area contributed by atoms with Gasteiger partial charge in [-0.1, -0.05) is 65.7 Å². The quantitative estimate of drug-likeness (QED) is 0.0848. The van der Waals surface area contributed by atoms with E-state index in [0.717, 1.165) is 10.8 Å². The second-order valence-corrected chi connectivity index (χ2v) is 11.5. The molecule has 11 heteroatoms. The van der Waals surface area contributed by atoms with E-state index in [1.54, 1.807) is 48.5 Å². The highest BCUT2D eigenvalue weighted by Gasteiger charge is 2.19. The van der Waals surface area contributed by atoms with Gasteiger partial charge in [-0.05, 0) is 77.5 Å². The van der Waals surface area contributed by atoms with Crippen LogP contribution in [0, 0.1) is 0 Å². The highest BCUT2D eigenvalue weighted by molar-refractivity contribution is 7.92. The van der Waals surface area contributed by atoms with E-state index in [1.807, 2.05) is 24.3 Å². The number of halogens is 2. The first-order chi connectivity index (χ1) is 20.2. The predicted molar refractivity (Wildman–Crippen MR) is 164 cm³/mol. The number of nitrogens with one attached hydrogen (secondary N) is 2. The van der Waals surface area contributed by atoms with Crippen molar-refractivity contribution >= 4 is 67.8 Å². The van der Waals surface area contributed by atoms with Crippen molar-refractivity contribution in [1.29, 1.82) is 0 Å². The number of carbonyl (C=O) groups excluding carboxylic acids is 2. The minimum Gasteiger partial charge on any atom is -0.422 e. The first-order valence-corrected chi connectivity index (χ1v) is 14.7. The Kier molecular flexibility index (Phi) is 8.53. The van der Waals surface area contributed by atoms with Crippen molar-refractivity contribution < 1.29 is 22.7 Å². The third kappa shape index (κ3) is 6.60. The Hall–Kier alpha value is -4.70. The van der Waals surface area contributed by atoms with Crippen molar-refractivity contribution in [2.45, 2.75) is 4.90 Å². The number of rotatable bonds is 8. The van der Waals surface area contributed by atoms with Crippen LogP contribution >= 0.6 is 23.2 Å². The zero-order chi connectivity index (χ0) is 29.7. The fraction of sp³-hybridized carbons (Fsp3) is 0. The molecule has 0 aliphatic heterocycles. The van der Waals surface area contributed by atoms with Crippen molar-refractivity contribution in [3.05, 3.63) is 136 Å². The van der Waals surface area contributed by atoms with Gasteiger partial charge in [0.2, 0.25) is 0 Å². The van der Waals surface area contributed by atoms with E-state index < -0.39 is 21.9 Å². The standard InChI is InChI=1S/C31H21Cl2N3O5S/c32-22-12-9-21(10-13-22)31(38)41-29-18-11-20-5-1-2-6-25(20)27(29)19-34-35-30(37)26-7-3-4-8-28(26)36-42(39,40)24-16-14-23(33)15-17-24/h1-19,36H,(H,35,37)/b34-19+. The molecule has 0 bridgehead atoms. The maximum atomic E-state index is 13.1. The number of ether oxygens (including phenoxy) is 1. The Morgan fingerprint density at radius 2 is 1.40 bits per heavy atom. The summed E-state index contributed by atoms with van der Waals surface area (Å²) in [5, 5.41) is 6.57. The molecule has 210 valence electrons. The molecule has 0 aliphatic carbocycles. The van der Waals surface area contributed by atoms with Crippen LogP contribution in [0.15, 0.2) is 119 Å². The van der Waals surface area contributed by atoms with Crippen LogP contribution in [-0.4, -0.2) is 26.5 Å². The van der Waals surface area contributed by atoms with Crippen LogP contribution in [0.5, 0.6) is 5.75 Å². The number of sulfonamides is 1. The number of esters is 1. The first kappa shape index (κ1) is 28.8. The lowest BCUT2D eigenvalue weighted by Gasteiger charge is -2.12. The maximum Gasteiger partial charge on any atom is 0.343 e. The van der Waals surface area contributed by atoms with E-state index in [4.69, 9.17) is 27.9 Å². The number of carbonyl (C=O) groups is 2. The molecule has 0 aliphatic rings. The molecule has 5 aromatic carbocycles. The van der Waals surface area contributed by atoms with Gasteiger partial charge < -0.3 is 4.74 Å². The Labute approximate surface area is 251 Å². The summed E-state index contributed by atoms with van der Waals surface area (Å²) in [6.07, 6.45) is 1.37. The van der Waals surface area contributed by atoms with Gasteiger partial charge >= 0.3 is 5.97 Å². The highest BCUT2D eigenvalue weighted by atomic mass is 35.5. The lowest BCUT2D eigenvalue weighted by Crippen LogP contribution is -2.21. The summed E-state index contributed by atoms with van der Waals surface area (Å²) >= 11 is 11.8. The molecule has 0 radical (unpaired) electrons. The van der Waals surface area contributed by atoms with Crippen LogP contribution in [0.1, 0.15) is 26.3 Å². The average Bonchev–Trinajstić information content (AvgIpc) is 2.98. The van der Waals surface area contributed by atoms with E-state index in [1.165, 1.54) is 42.6 Å². The van der Waals surface area contributed by atoms with Crippen molar-refractivity contribution in [1.82, 2.24) is 5.43 Å². The second-order valence-electron chi connectivity index (χ2n) is 8.90. The largest absolute Gasteiger partial charge is 0.422 e. The summed E-state index contributed by atoms with van der Waals surface area (Å²) in [6, 6.07) is 28.9. The third-order valence-corrected chi connectivity index (χ3v) is 8.00. The Bertz CT molecular complexity index is 1930. The van der Waals surface area contributed by atoms with E-state index in [0.29, 0.717) is 21.2 Å². The van der Waals surface area contributed by atoms with Gasteiger partial charge in [-0.3, -0.25) is 9.52 Å². The van der Waals surface area contributed by atoms with Crippen LogP contribution in [-0.2, 0) is 10.0 Å². The van der Waals surface area contributed by atoms with Crippen LogP contribution in [0.2, 0.25) is 10.0 Å². The SMILES string of the molecule is O=C(Oc1ccc2ccccc2c1/C=N/NC(=O)c1ccccc1NS(=O)(=O)c1ccc(Cl)cc1)c1ccc(Cl)cc1. The van der Waals surface area contributed by atoms with Gasteiger partial charge in [0.05, 0.1) is 27.9 Å². The molecule has 0 saturated carbocycles. The number of fused-ring (bicyclic) bond motifs is 1. The predicted octanol–water partition coefficient (Wildman–Crippen LogP) is 6.93. The molecule has 5 rings (SSSR count). The van der Waals surface area contributed by atoms with Crippen molar-refractivity contribution in [3.63, 3.8) is 0 Å². The average molecular weight is 618 g/mol. The highest BCUT2D eigenvalue weighted by Crippen LogP contribution is 2.28. The molecule has 8 nitrogen and oxygen atoms in total. The molecule has 1 amide bonds. The van der Waals surface area contributed by atoms with Gasteiger partial charge in [0.25, 0.3) is 15.9 Å². The van der Waals surface area contributed by atoms with Gasteiger partial charge in [0.15, 0.2) is 0 Å². The Morgan fingerprint density at radius 1 is 0.762 bits per heavy atom. The molecule has 0 spiro atoms. The lowest BCUT2D eigenvalue weighted by atomic mass is 10.0. The zero-order valence-corrected chi connectivity index (χ0v) is 24.0. The smallest absolute Gasteiger partial charge is 0.343 e. The second kappa shape index (κ2) is 12.4. The molecular formula is C31H21Cl2N3O5S. The normalized spacial score (nSPS) is 11.4. The van der Waals surface area contributed by atoms with E-state index in [-0.39, 0.29) is 21.9 Å². The number of hydrogen-bond acceptors (Lipinski definition) is 6. The summed E-state index contributed by atoms with van der Waals surface area (Å²) in [7, 11) is -4.00. The van der Waals surface area contributed by atoms with E-state index in [2.05, 4.69) is 15.2 Å². The van der Waals surface area contributed by atoms with Gasteiger partial charge in [-0.2, -0.15) is 5.10 Å². The fourth-order valence-electron chi connectivity index (χ4n) is 4.05. The molecule has 0 unspecified atom stereocenters. The number of hydrazone groups is 1. The summed E-state index contributed by atoms with van der Waals surface area (Å²) in [5.41, 5.74) is 3.28. The summed E-state index contributed by atoms with van der Waals surface area (Å²) in [5.74, 6) is -1.04. The monoisotopic (exact) mass is 617 g/mol. The topological polar surface area (TPSA) is 114 Å². The van der Waals surface area contributed by atoms with E-state index >= 15 is 0 Å². The van der Waals surface area contributed by atoms with Gasteiger partial charge in [-0.15, -0.1) is 0 Å². The molecule has 0 atom stereocenters. The molecule has 42 heavy (non-hydrogen) atoms. The van der Waals surface area contributed by atoms with Gasteiger partial charge in [-0.25, -0.2) is 18.6 Å². The number of amides is 1. The molecule has 5 aromatic rings. The molecule has 0 saturated heterocycles. The van der Waals surface area contributed by atoms with Crippen molar-refractivity contribution in [2.24, 2.45) is 5.10 Å². The number of anilines is 1. The number of para-hydroxylation sites is 1. The minimum absolute atomic E-state index is 0.0169. The van der Waals surface area contributed by atoms with Crippen molar-refractivity contribution in [2.75, 3.05) is 4.72 Å².